The quantitative estimate of drug-likeness (QED) is 0.293. The maximum atomic E-state index is 14.2. The highest BCUT2D eigenvalue weighted by molar-refractivity contribution is 7.92. The molecule has 8 heteroatoms. The summed E-state index contributed by atoms with van der Waals surface area (Å²) in [6.07, 6.45) is 1.14. The summed E-state index contributed by atoms with van der Waals surface area (Å²) in [6, 6.07) is 19.0. The Morgan fingerprint density at radius 1 is 0.829 bits per heavy atom. The fourth-order valence-corrected chi connectivity index (χ4v) is 6.28. The lowest BCUT2D eigenvalue weighted by atomic mass is 10.1. The summed E-state index contributed by atoms with van der Waals surface area (Å²) in [4.78, 5) is 29.3. The van der Waals surface area contributed by atoms with Crippen molar-refractivity contribution in [1.29, 1.82) is 0 Å². The molecule has 0 saturated carbocycles. The predicted molar refractivity (Wildman–Crippen MR) is 165 cm³/mol. The van der Waals surface area contributed by atoms with E-state index in [0.717, 1.165) is 34.2 Å². The van der Waals surface area contributed by atoms with Crippen LogP contribution in [-0.4, -0.2) is 43.8 Å². The van der Waals surface area contributed by atoms with E-state index in [1.807, 2.05) is 84.9 Å². The van der Waals surface area contributed by atoms with Crippen molar-refractivity contribution in [1.82, 2.24) is 10.2 Å². The maximum absolute atomic E-state index is 14.2. The Kier molecular flexibility index (Phi) is 10.7. The highest BCUT2D eigenvalue weighted by Crippen LogP contribution is 2.28. The number of carbonyl (C=O) groups excluding carboxylic acids is 2. The van der Waals surface area contributed by atoms with Gasteiger partial charge in [0.05, 0.1) is 10.6 Å². The lowest BCUT2D eigenvalue weighted by Gasteiger charge is -2.34. The molecule has 0 aromatic heterocycles. The molecule has 0 fully saturated rings. The summed E-state index contributed by atoms with van der Waals surface area (Å²) in [5.74, 6) is -0.698. The molecule has 0 aliphatic carbocycles. The van der Waals surface area contributed by atoms with E-state index in [1.54, 1.807) is 30.3 Å². The average molecular weight is 578 g/mol. The standard InChI is InChI=1S/C33H43N3O4S/c1-8-27(7)34-33(38)30(9-2)35(21-28-12-10-11-24(4)20-28)32(37)22-36(31-18-15-25(5)19-26(31)6)41(39,40)29-16-13-23(3)14-17-29/h10-20,27,30H,8-9,21-22H2,1-7H3,(H,34,38)/t27-,30-/m0/s1. The Morgan fingerprint density at radius 2 is 1.46 bits per heavy atom. The van der Waals surface area contributed by atoms with Gasteiger partial charge < -0.3 is 10.2 Å². The van der Waals surface area contributed by atoms with Crippen molar-refractivity contribution in [2.45, 2.75) is 84.8 Å². The van der Waals surface area contributed by atoms with E-state index in [4.69, 9.17) is 0 Å². The van der Waals surface area contributed by atoms with Crippen LogP contribution in [0.3, 0.4) is 0 Å². The van der Waals surface area contributed by atoms with E-state index < -0.39 is 28.5 Å². The second-order valence-corrected chi connectivity index (χ2v) is 12.7. The minimum atomic E-state index is -4.10. The predicted octanol–water partition coefficient (Wildman–Crippen LogP) is 5.84. The van der Waals surface area contributed by atoms with Gasteiger partial charge in [0.1, 0.15) is 12.6 Å². The number of hydrogen-bond acceptors (Lipinski definition) is 4. The molecule has 0 saturated heterocycles. The lowest BCUT2D eigenvalue weighted by molar-refractivity contribution is -0.140. The Balaban J connectivity index is 2.10. The van der Waals surface area contributed by atoms with Gasteiger partial charge in [-0.1, -0.05) is 79.1 Å². The van der Waals surface area contributed by atoms with Crippen LogP contribution in [0.2, 0.25) is 0 Å². The molecule has 41 heavy (non-hydrogen) atoms. The van der Waals surface area contributed by atoms with Gasteiger partial charge in [0, 0.05) is 12.6 Å². The van der Waals surface area contributed by atoms with Gasteiger partial charge in [-0.2, -0.15) is 0 Å². The SMILES string of the molecule is CC[C@H](C)NC(=O)[C@H](CC)N(Cc1cccc(C)c1)C(=O)CN(c1ccc(C)cc1C)S(=O)(=O)c1ccc(C)cc1. The van der Waals surface area contributed by atoms with Crippen molar-refractivity contribution in [3.05, 3.63) is 94.5 Å². The van der Waals surface area contributed by atoms with E-state index in [2.05, 4.69) is 5.32 Å². The molecule has 1 N–H and O–H groups in total. The number of nitrogens with zero attached hydrogens (tertiary/aromatic N) is 2. The zero-order valence-electron chi connectivity index (χ0n) is 25.3. The molecule has 0 aliphatic heterocycles. The van der Waals surface area contributed by atoms with E-state index in [-0.39, 0.29) is 23.4 Å². The summed E-state index contributed by atoms with van der Waals surface area (Å²) in [5, 5.41) is 3.01. The molecule has 0 aliphatic rings. The summed E-state index contributed by atoms with van der Waals surface area (Å²) in [7, 11) is -4.10. The van der Waals surface area contributed by atoms with Crippen LogP contribution in [0.5, 0.6) is 0 Å². The third kappa shape index (κ3) is 7.97. The number of anilines is 1. The highest BCUT2D eigenvalue weighted by Gasteiger charge is 2.34. The molecule has 3 aromatic rings. The Labute approximate surface area is 245 Å². The molecule has 0 unspecified atom stereocenters. The van der Waals surface area contributed by atoms with Crippen LogP contribution in [0.1, 0.15) is 61.4 Å². The second kappa shape index (κ2) is 13.8. The van der Waals surface area contributed by atoms with Crippen LogP contribution in [0, 0.1) is 27.7 Å². The molecule has 2 amide bonds. The largest absolute Gasteiger partial charge is 0.352 e. The Hall–Kier alpha value is -3.65. The normalized spacial score (nSPS) is 12.9. The third-order valence-electron chi connectivity index (χ3n) is 7.33. The van der Waals surface area contributed by atoms with Gasteiger partial charge in [0.2, 0.25) is 11.8 Å². The number of rotatable bonds is 12. The fourth-order valence-electron chi connectivity index (χ4n) is 4.80. The van der Waals surface area contributed by atoms with Gasteiger partial charge >= 0.3 is 0 Å². The Morgan fingerprint density at radius 3 is 2.05 bits per heavy atom. The first-order chi connectivity index (χ1) is 19.4. The molecule has 0 bridgehead atoms. The molecule has 2 atom stereocenters. The van der Waals surface area contributed by atoms with Gasteiger partial charge in [-0.3, -0.25) is 13.9 Å². The molecule has 0 radical (unpaired) electrons. The first kappa shape index (κ1) is 31.9. The zero-order chi connectivity index (χ0) is 30.3. The molecule has 3 rings (SSSR count). The average Bonchev–Trinajstić information content (AvgIpc) is 2.92. The van der Waals surface area contributed by atoms with E-state index in [1.165, 1.54) is 9.21 Å². The van der Waals surface area contributed by atoms with Crippen molar-refractivity contribution in [3.8, 4) is 0 Å². The van der Waals surface area contributed by atoms with E-state index >= 15 is 0 Å². The molecule has 7 nitrogen and oxygen atoms in total. The first-order valence-corrected chi connectivity index (χ1v) is 15.6. The van der Waals surface area contributed by atoms with Crippen LogP contribution >= 0.6 is 0 Å². The number of aryl methyl sites for hydroxylation is 4. The fraction of sp³-hybridized carbons (Fsp3) is 0.394. The summed E-state index contributed by atoms with van der Waals surface area (Å²) in [5.41, 5.74) is 4.98. The van der Waals surface area contributed by atoms with Crippen molar-refractivity contribution in [3.63, 3.8) is 0 Å². The molecule has 220 valence electrons. The van der Waals surface area contributed by atoms with Crippen molar-refractivity contribution >= 4 is 27.5 Å². The lowest BCUT2D eigenvalue weighted by Crippen LogP contribution is -2.53. The maximum Gasteiger partial charge on any atom is 0.264 e. The molecule has 0 spiro atoms. The van der Waals surface area contributed by atoms with Crippen LogP contribution in [0.25, 0.3) is 0 Å². The van der Waals surface area contributed by atoms with Gasteiger partial charge in [-0.25, -0.2) is 8.42 Å². The third-order valence-corrected chi connectivity index (χ3v) is 9.11. The highest BCUT2D eigenvalue weighted by atomic mass is 32.2. The number of nitrogens with one attached hydrogen (secondary N) is 1. The van der Waals surface area contributed by atoms with Gasteiger partial charge in [0.25, 0.3) is 10.0 Å². The molecular formula is C33H43N3O4S. The summed E-state index contributed by atoms with van der Waals surface area (Å²) < 4.78 is 29.3. The minimum absolute atomic E-state index is 0.0545. The zero-order valence-corrected chi connectivity index (χ0v) is 26.1. The molecule has 3 aromatic carbocycles. The molecule has 0 heterocycles. The monoisotopic (exact) mass is 577 g/mol. The van der Waals surface area contributed by atoms with Gasteiger partial charge in [-0.05, 0) is 76.8 Å². The van der Waals surface area contributed by atoms with Crippen molar-refractivity contribution in [2.75, 3.05) is 10.8 Å². The molecular weight excluding hydrogens is 534 g/mol. The van der Waals surface area contributed by atoms with Crippen LogP contribution in [0.15, 0.2) is 71.6 Å². The Bertz CT molecular complexity index is 1470. The topological polar surface area (TPSA) is 86.8 Å². The summed E-state index contributed by atoms with van der Waals surface area (Å²) >= 11 is 0. The van der Waals surface area contributed by atoms with Crippen molar-refractivity contribution in [2.24, 2.45) is 0 Å². The first-order valence-electron chi connectivity index (χ1n) is 14.2. The second-order valence-electron chi connectivity index (χ2n) is 10.9. The van der Waals surface area contributed by atoms with Crippen LogP contribution < -0.4 is 9.62 Å². The number of carbonyl (C=O) groups is 2. The van der Waals surface area contributed by atoms with Gasteiger partial charge in [-0.15, -0.1) is 0 Å². The number of amides is 2. The minimum Gasteiger partial charge on any atom is -0.352 e. The van der Waals surface area contributed by atoms with Crippen LogP contribution in [0.4, 0.5) is 5.69 Å². The van der Waals surface area contributed by atoms with E-state index in [9.17, 15) is 18.0 Å². The van der Waals surface area contributed by atoms with Crippen LogP contribution in [-0.2, 0) is 26.2 Å². The van der Waals surface area contributed by atoms with E-state index in [0.29, 0.717) is 12.1 Å². The number of sulfonamides is 1. The summed E-state index contributed by atoms with van der Waals surface area (Å²) in [6.45, 7) is 13.1. The van der Waals surface area contributed by atoms with Crippen molar-refractivity contribution < 1.29 is 18.0 Å². The van der Waals surface area contributed by atoms with Gasteiger partial charge in [0.15, 0.2) is 0 Å². The smallest absolute Gasteiger partial charge is 0.264 e. The number of hydrogen-bond donors (Lipinski definition) is 1. The number of benzene rings is 3.